The van der Waals surface area contributed by atoms with Crippen LogP contribution in [0.5, 0.6) is 0 Å². The lowest BCUT2D eigenvalue weighted by molar-refractivity contribution is 0.0978. The molecule has 0 fully saturated rings. The van der Waals surface area contributed by atoms with Crippen molar-refractivity contribution in [2.45, 2.75) is 19.8 Å². The van der Waals surface area contributed by atoms with E-state index in [0.29, 0.717) is 23.6 Å². The topological polar surface area (TPSA) is 30.0 Å². The van der Waals surface area contributed by atoms with E-state index < -0.39 is 0 Å². The molecule has 0 aromatic carbocycles. The second-order valence-corrected chi connectivity index (χ2v) is 3.68. The van der Waals surface area contributed by atoms with Crippen molar-refractivity contribution in [2.24, 2.45) is 0 Å². The van der Waals surface area contributed by atoms with Gasteiger partial charge in [0.2, 0.25) is 0 Å². The molecule has 1 rings (SSSR count). The number of aromatic nitrogens is 1. The molecule has 0 atom stereocenters. The first-order valence-corrected chi connectivity index (χ1v) is 4.76. The first kappa shape index (κ1) is 10.9. The zero-order valence-corrected chi connectivity index (χ0v) is 8.84. The molecule has 0 amide bonds. The summed E-state index contributed by atoms with van der Waals surface area (Å²) in [6.07, 6.45) is 2.66. The fourth-order valence-corrected chi connectivity index (χ4v) is 1.11. The third-order valence-corrected chi connectivity index (χ3v) is 2.02. The molecule has 1 aromatic rings. The number of carbonyl (C=O) groups excluding carboxylic acids is 1. The molecule has 0 saturated heterocycles. The summed E-state index contributed by atoms with van der Waals surface area (Å²) < 4.78 is 0. The standard InChI is InChI=1S/C11H12ClNO/c1-8(2)3-6-11(14)10-5-4-9(12)7-13-10/h4-5,7H,1,3,6H2,2H3. The van der Waals surface area contributed by atoms with Gasteiger partial charge in [-0.15, -0.1) is 6.58 Å². The van der Waals surface area contributed by atoms with Gasteiger partial charge in [0.05, 0.1) is 5.02 Å². The molecule has 14 heavy (non-hydrogen) atoms. The van der Waals surface area contributed by atoms with E-state index in [2.05, 4.69) is 11.6 Å². The van der Waals surface area contributed by atoms with Crippen molar-refractivity contribution < 1.29 is 4.79 Å². The highest BCUT2D eigenvalue weighted by molar-refractivity contribution is 6.30. The van der Waals surface area contributed by atoms with Crippen molar-refractivity contribution in [3.05, 3.63) is 41.2 Å². The van der Waals surface area contributed by atoms with Gasteiger partial charge in [-0.1, -0.05) is 17.2 Å². The van der Waals surface area contributed by atoms with Crippen LogP contribution in [0.4, 0.5) is 0 Å². The van der Waals surface area contributed by atoms with E-state index >= 15 is 0 Å². The number of hydrogen-bond acceptors (Lipinski definition) is 2. The average molecular weight is 210 g/mol. The fourth-order valence-electron chi connectivity index (χ4n) is 0.996. The van der Waals surface area contributed by atoms with Crippen LogP contribution in [0.2, 0.25) is 5.02 Å². The average Bonchev–Trinajstić information content (AvgIpc) is 2.15. The molecule has 74 valence electrons. The van der Waals surface area contributed by atoms with Crippen LogP contribution >= 0.6 is 11.6 Å². The van der Waals surface area contributed by atoms with E-state index in [1.54, 1.807) is 12.1 Å². The Morgan fingerprint density at radius 1 is 1.50 bits per heavy atom. The molecule has 0 saturated carbocycles. The van der Waals surface area contributed by atoms with Gasteiger partial charge >= 0.3 is 0 Å². The van der Waals surface area contributed by atoms with Crippen molar-refractivity contribution in [3.63, 3.8) is 0 Å². The number of nitrogens with zero attached hydrogens (tertiary/aromatic N) is 1. The lowest BCUT2D eigenvalue weighted by Gasteiger charge is -1.99. The normalized spacial score (nSPS) is 9.86. The summed E-state index contributed by atoms with van der Waals surface area (Å²) in [6, 6.07) is 3.31. The predicted octanol–water partition coefficient (Wildman–Crippen LogP) is 3.27. The molecule has 0 aliphatic rings. The third kappa shape index (κ3) is 3.30. The molecule has 0 spiro atoms. The molecule has 0 bridgehead atoms. The second-order valence-electron chi connectivity index (χ2n) is 3.24. The van der Waals surface area contributed by atoms with Gasteiger partial charge in [-0.2, -0.15) is 0 Å². The van der Waals surface area contributed by atoms with E-state index in [-0.39, 0.29) is 5.78 Å². The summed E-state index contributed by atoms with van der Waals surface area (Å²) in [5.41, 5.74) is 1.47. The molecular weight excluding hydrogens is 198 g/mol. The Morgan fingerprint density at radius 3 is 2.71 bits per heavy atom. The van der Waals surface area contributed by atoms with Crippen molar-refractivity contribution in [3.8, 4) is 0 Å². The molecule has 0 unspecified atom stereocenters. The van der Waals surface area contributed by atoms with Crippen LogP contribution in [-0.2, 0) is 0 Å². The minimum Gasteiger partial charge on any atom is -0.292 e. The van der Waals surface area contributed by atoms with E-state index in [4.69, 9.17) is 11.6 Å². The highest BCUT2D eigenvalue weighted by Crippen LogP contribution is 2.10. The zero-order valence-electron chi connectivity index (χ0n) is 8.09. The van der Waals surface area contributed by atoms with Gasteiger partial charge in [0, 0.05) is 12.6 Å². The maximum atomic E-state index is 11.5. The summed E-state index contributed by atoms with van der Waals surface area (Å²) in [4.78, 5) is 15.5. The third-order valence-electron chi connectivity index (χ3n) is 1.79. The van der Waals surface area contributed by atoms with Gasteiger partial charge in [0.1, 0.15) is 5.69 Å². The highest BCUT2D eigenvalue weighted by atomic mass is 35.5. The molecule has 3 heteroatoms. The van der Waals surface area contributed by atoms with Crippen molar-refractivity contribution in [1.82, 2.24) is 4.98 Å². The maximum absolute atomic E-state index is 11.5. The predicted molar refractivity (Wildman–Crippen MR) is 57.6 cm³/mol. The van der Waals surface area contributed by atoms with Gasteiger partial charge in [0.25, 0.3) is 0 Å². The van der Waals surface area contributed by atoms with Crippen LogP contribution in [0, 0.1) is 0 Å². The van der Waals surface area contributed by atoms with Crippen molar-refractivity contribution >= 4 is 17.4 Å². The quantitative estimate of drug-likeness (QED) is 0.563. The fraction of sp³-hybridized carbons (Fsp3) is 0.273. The second kappa shape index (κ2) is 4.91. The summed E-state index contributed by atoms with van der Waals surface area (Å²) in [5, 5.41) is 0.543. The Kier molecular flexibility index (Phi) is 3.84. The zero-order chi connectivity index (χ0) is 10.6. The maximum Gasteiger partial charge on any atom is 0.181 e. The van der Waals surface area contributed by atoms with Gasteiger partial charge in [-0.3, -0.25) is 9.78 Å². The number of hydrogen-bond donors (Lipinski definition) is 0. The molecule has 0 radical (unpaired) electrons. The van der Waals surface area contributed by atoms with Crippen LogP contribution in [-0.4, -0.2) is 10.8 Å². The Labute approximate surface area is 88.6 Å². The number of pyridine rings is 1. The Balaban J connectivity index is 2.61. The van der Waals surface area contributed by atoms with Crippen molar-refractivity contribution in [2.75, 3.05) is 0 Å². The summed E-state index contributed by atoms with van der Waals surface area (Å²) in [6.45, 7) is 5.65. The lowest BCUT2D eigenvalue weighted by Crippen LogP contribution is -2.01. The van der Waals surface area contributed by atoms with Gasteiger partial charge in [-0.25, -0.2) is 0 Å². The Bertz CT molecular complexity index is 343. The minimum absolute atomic E-state index is 0.0321. The van der Waals surface area contributed by atoms with E-state index in [1.807, 2.05) is 6.92 Å². The number of halogens is 1. The van der Waals surface area contributed by atoms with Crippen LogP contribution in [0.25, 0.3) is 0 Å². The first-order valence-electron chi connectivity index (χ1n) is 4.38. The molecule has 1 aromatic heterocycles. The minimum atomic E-state index is 0.0321. The number of allylic oxidation sites excluding steroid dienone is 1. The monoisotopic (exact) mass is 209 g/mol. The number of ketones is 1. The van der Waals surface area contributed by atoms with Crippen LogP contribution in [0.1, 0.15) is 30.3 Å². The molecule has 0 N–H and O–H groups in total. The number of carbonyl (C=O) groups is 1. The van der Waals surface area contributed by atoms with E-state index in [9.17, 15) is 4.79 Å². The Morgan fingerprint density at radius 2 is 2.21 bits per heavy atom. The lowest BCUT2D eigenvalue weighted by atomic mass is 10.1. The van der Waals surface area contributed by atoms with Gasteiger partial charge in [-0.05, 0) is 25.5 Å². The molecule has 1 heterocycles. The largest absolute Gasteiger partial charge is 0.292 e. The van der Waals surface area contributed by atoms with Gasteiger partial charge in [0.15, 0.2) is 5.78 Å². The summed E-state index contributed by atoms with van der Waals surface area (Å²) >= 11 is 5.66. The van der Waals surface area contributed by atoms with E-state index in [1.165, 1.54) is 6.20 Å². The SMILES string of the molecule is C=C(C)CCC(=O)c1ccc(Cl)cn1. The van der Waals surface area contributed by atoms with E-state index in [0.717, 1.165) is 5.57 Å². The summed E-state index contributed by atoms with van der Waals surface area (Å²) in [5.74, 6) is 0.0321. The Hall–Kier alpha value is -1.15. The smallest absolute Gasteiger partial charge is 0.181 e. The van der Waals surface area contributed by atoms with Crippen molar-refractivity contribution in [1.29, 1.82) is 0 Å². The molecule has 2 nitrogen and oxygen atoms in total. The number of rotatable bonds is 4. The molecular formula is C11H12ClNO. The van der Waals surface area contributed by atoms with Gasteiger partial charge < -0.3 is 0 Å². The highest BCUT2D eigenvalue weighted by Gasteiger charge is 2.06. The molecule has 0 aliphatic carbocycles. The van der Waals surface area contributed by atoms with Crippen LogP contribution in [0.3, 0.4) is 0 Å². The first-order chi connectivity index (χ1) is 6.59. The van der Waals surface area contributed by atoms with Crippen LogP contribution in [0.15, 0.2) is 30.5 Å². The molecule has 0 aliphatic heterocycles. The number of Topliss-reactive ketones (excluding diaryl/α,β-unsaturated/α-hetero) is 1. The van der Waals surface area contributed by atoms with Crippen LogP contribution < -0.4 is 0 Å². The summed E-state index contributed by atoms with van der Waals surface area (Å²) in [7, 11) is 0.